The van der Waals surface area contributed by atoms with Crippen LogP contribution in [0.5, 0.6) is 5.75 Å². The Labute approximate surface area is 161 Å². The van der Waals surface area contributed by atoms with Gasteiger partial charge in [-0.3, -0.25) is 10.7 Å². The maximum Gasteiger partial charge on any atom is 0.162 e. The lowest BCUT2D eigenvalue weighted by Gasteiger charge is -2.37. The lowest BCUT2D eigenvalue weighted by atomic mass is 10.0. The number of ether oxygens (including phenoxy) is 1. The van der Waals surface area contributed by atoms with Crippen molar-refractivity contribution in [2.24, 2.45) is 10.7 Å². The zero-order chi connectivity index (χ0) is 19.3. The van der Waals surface area contributed by atoms with Gasteiger partial charge in [0, 0.05) is 12.1 Å². The molecular formula is C22H28N4O. The molecule has 0 aromatic heterocycles. The summed E-state index contributed by atoms with van der Waals surface area (Å²) in [5.74, 6) is 0.922. The second-order valence-electron chi connectivity index (χ2n) is 7.00. The Kier molecular flexibility index (Phi) is 5.81. The van der Waals surface area contributed by atoms with E-state index in [9.17, 15) is 0 Å². The van der Waals surface area contributed by atoms with Gasteiger partial charge in [0.05, 0.1) is 13.2 Å². The standard InChI is InChI=1S/C22H28N4O/c1-16-14-21(24-17(2)19-9-5-4-6-10-19)26-22(23,25-16)13-12-18-8-7-11-20(15-18)27-3/h4-11,14-15,17,25H,12-13,23H2,1-3H3,(H,24,26)/t17-,22?/m0/s1. The molecule has 1 aliphatic heterocycles. The highest BCUT2D eigenvalue weighted by Gasteiger charge is 2.29. The number of rotatable bonds is 6. The molecule has 27 heavy (non-hydrogen) atoms. The summed E-state index contributed by atoms with van der Waals surface area (Å²) in [7, 11) is 1.68. The maximum atomic E-state index is 6.60. The van der Waals surface area contributed by atoms with E-state index in [-0.39, 0.29) is 6.04 Å². The number of allylic oxidation sites excluding steroid dienone is 1. The molecule has 2 atom stereocenters. The first-order valence-corrected chi connectivity index (χ1v) is 9.27. The summed E-state index contributed by atoms with van der Waals surface area (Å²) in [5, 5.41) is 6.72. The van der Waals surface area contributed by atoms with Crippen molar-refractivity contribution in [2.75, 3.05) is 7.11 Å². The molecule has 1 heterocycles. The largest absolute Gasteiger partial charge is 0.497 e. The molecule has 1 aliphatic rings. The SMILES string of the molecule is COc1cccc(CCC2(N)NC(C)=CC(=N[C@@H](C)c3ccccc3)N2)c1. The molecule has 5 nitrogen and oxygen atoms in total. The maximum absolute atomic E-state index is 6.60. The van der Waals surface area contributed by atoms with Crippen LogP contribution in [-0.2, 0) is 6.42 Å². The lowest BCUT2D eigenvalue weighted by Crippen LogP contribution is -2.67. The van der Waals surface area contributed by atoms with Crippen molar-refractivity contribution in [1.29, 1.82) is 0 Å². The van der Waals surface area contributed by atoms with E-state index in [1.807, 2.05) is 49.4 Å². The number of amidine groups is 1. The Morgan fingerprint density at radius 1 is 1.11 bits per heavy atom. The van der Waals surface area contributed by atoms with Gasteiger partial charge in [0.1, 0.15) is 11.6 Å². The van der Waals surface area contributed by atoms with Gasteiger partial charge >= 0.3 is 0 Å². The molecule has 2 aromatic carbocycles. The summed E-state index contributed by atoms with van der Waals surface area (Å²) in [5.41, 5.74) is 9.96. The number of benzene rings is 2. The summed E-state index contributed by atoms with van der Waals surface area (Å²) in [6, 6.07) is 18.4. The summed E-state index contributed by atoms with van der Waals surface area (Å²) < 4.78 is 5.30. The van der Waals surface area contributed by atoms with Gasteiger partial charge < -0.3 is 15.4 Å². The Bertz CT molecular complexity index is 831. The van der Waals surface area contributed by atoms with Crippen LogP contribution in [0.1, 0.15) is 37.4 Å². The number of nitrogens with one attached hydrogen (secondary N) is 2. The number of aryl methyl sites for hydroxylation is 1. The van der Waals surface area contributed by atoms with Gasteiger partial charge in [-0.05, 0) is 49.6 Å². The molecule has 0 amide bonds. The molecule has 1 unspecified atom stereocenters. The number of nitrogens with two attached hydrogens (primary N) is 1. The van der Waals surface area contributed by atoms with Gasteiger partial charge in [0.25, 0.3) is 0 Å². The van der Waals surface area contributed by atoms with E-state index in [1.54, 1.807) is 7.11 Å². The molecule has 5 heteroatoms. The molecule has 2 aromatic rings. The average Bonchev–Trinajstić information content (AvgIpc) is 2.66. The van der Waals surface area contributed by atoms with Gasteiger partial charge in [0.2, 0.25) is 0 Å². The van der Waals surface area contributed by atoms with Crippen LogP contribution < -0.4 is 21.1 Å². The van der Waals surface area contributed by atoms with Crippen molar-refractivity contribution in [3.8, 4) is 5.75 Å². The van der Waals surface area contributed by atoms with Crippen LogP contribution >= 0.6 is 0 Å². The minimum Gasteiger partial charge on any atom is -0.497 e. The second kappa shape index (κ2) is 8.27. The van der Waals surface area contributed by atoms with Crippen LogP contribution in [0.3, 0.4) is 0 Å². The number of hydrogen-bond acceptors (Lipinski definition) is 4. The van der Waals surface area contributed by atoms with Gasteiger partial charge in [-0.15, -0.1) is 0 Å². The summed E-state index contributed by atoms with van der Waals surface area (Å²) in [6.45, 7) is 4.10. The van der Waals surface area contributed by atoms with E-state index in [1.165, 1.54) is 11.1 Å². The first kappa shape index (κ1) is 19.0. The van der Waals surface area contributed by atoms with E-state index in [0.717, 1.165) is 23.7 Å². The third kappa shape index (κ3) is 5.11. The van der Waals surface area contributed by atoms with E-state index >= 15 is 0 Å². The van der Waals surface area contributed by atoms with Crippen LogP contribution in [-0.4, -0.2) is 18.7 Å². The van der Waals surface area contributed by atoms with Crippen LogP contribution in [0.2, 0.25) is 0 Å². The third-order valence-electron chi connectivity index (χ3n) is 4.68. The zero-order valence-corrected chi connectivity index (χ0v) is 16.2. The topological polar surface area (TPSA) is 71.7 Å². The molecule has 4 N–H and O–H groups in total. The predicted molar refractivity (Wildman–Crippen MR) is 111 cm³/mol. The van der Waals surface area contributed by atoms with Crippen molar-refractivity contribution < 1.29 is 4.74 Å². The summed E-state index contributed by atoms with van der Waals surface area (Å²) >= 11 is 0. The highest BCUT2D eigenvalue weighted by atomic mass is 16.5. The minimum absolute atomic E-state index is 0.0542. The minimum atomic E-state index is -0.739. The van der Waals surface area contributed by atoms with E-state index in [2.05, 4.69) is 35.8 Å². The van der Waals surface area contributed by atoms with Crippen molar-refractivity contribution in [3.63, 3.8) is 0 Å². The summed E-state index contributed by atoms with van der Waals surface area (Å²) in [4.78, 5) is 4.82. The zero-order valence-electron chi connectivity index (χ0n) is 16.2. The molecule has 0 radical (unpaired) electrons. The van der Waals surface area contributed by atoms with E-state index < -0.39 is 5.79 Å². The smallest absolute Gasteiger partial charge is 0.162 e. The number of aliphatic imine (C=N–C) groups is 1. The Hall–Kier alpha value is -2.79. The fraction of sp³-hybridized carbons (Fsp3) is 0.318. The van der Waals surface area contributed by atoms with Gasteiger partial charge in [-0.1, -0.05) is 42.5 Å². The second-order valence-corrected chi connectivity index (χ2v) is 7.00. The molecule has 142 valence electrons. The lowest BCUT2D eigenvalue weighted by molar-refractivity contribution is 0.305. The normalized spacial score (nSPS) is 21.8. The highest BCUT2D eigenvalue weighted by molar-refractivity contribution is 5.95. The number of hydrogen-bond donors (Lipinski definition) is 3. The molecule has 0 bridgehead atoms. The fourth-order valence-electron chi connectivity index (χ4n) is 3.27. The predicted octanol–water partition coefficient (Wildman–Crippen LogP) is 3.50. The molecule has 0 spiro atoms. The Balaban J connectivity index is 1.71. The van der Waals surface area contributed by atoms with Crippen LogP contribution in [0.25, 0.3) is 0 Å². The first-order chi connectivity index (χ1) is 13.0. The van der Waals surface area contributed by atoms with Gasteiger partial charge in [-0.25, -0.2) is 0 Å². The Morgan fingerprint density at radius 3 is 2.63 bits per heavy atom. The average molecular weight is 364 g/mol. The van der Waals surface area contributed by atoms with Gasteiger partial charge in [0.15, 0.2) is 5.79 Å². The van der Waals surface area contributed by atoms with Crippen molar-refractivity contribution in [2.45, 2.75) is 38.5 Å². The highest BCUT2D eigenvalue weighted by Crippen LogP contribution is 2.20. The molecular weight excluding hydrogens is 336 g/mol. The molecule has 3 rings (SSSR count). The van der Waals surface area contributed by atoms with Crippen LogP contribution in [0.4, 0.5) is 0 Å². The molecule has 0 aliphatic carbocycles. The third-order valence-corrected chi connectivity index (χ3v) is 4.68. The van der Waals surface area contributed by atoms with Crippen LogP contribution in [0, 0.1) is 0 Å². The van der Waals surface area contributed by atoms with Gasteiger partial charge in [-0.2, -0.15) is 0 Å². The Morgan fingerprint density at radius 2 is 1.89 bits per heavy atom. The summed E-state index contributed by atoms with van der Waals surface area (Å²) in [6.07, 6.45) is 3.53. The molecule has 0 fully saturated rings. The van der Waals surface area contributed by atoms with E-state index in [4.69, 9.17) is 15.5 Å². The van der Waals surface area contributed by atoms with Crippen molar-refractivity contribution in [3.05, 3.63) is 77.5 Å². The molecule has 0 saturated carbocycles. The quantitative estimate of drug-likeness (QED) is 0.734. The monoisotopic (exact) mass is 364 g/mol. The number of nitrogens with zero attached hydrogens (tertiary/aromatic N) is 1. The van der Waals surface area contributed by atoms with Crippen molar-refractivity contribution in [1.82, 2.24) is 10.6 Å². The van der Waals surface area contributed by atoms with Crippen molar-refractivity contribution >= 4 is 5.84 Å². The first-order valence-electron chi connectivity index (χ1n) is 9.27. The van der Waals surface area contributed by atoms with Crippen LogP contribution in [0.15, 0.2) is 71.4 Å². The van der Waals surface area contributed by atoms with E-state index in [0.29, 0.717) is 6.42 Å². The molecule has 0 saturated heterocycles. The number of methoxy groups -OCH3 is 1. The fourth-order valence-corrected chi connectivity index (χ4v) is 3.27.